The molecule has 0 bridgehead atoms. The molecular weight excluding hydrogens is 134 g/mol. The van der Waals surface area contributed by atoms with Crippen LogP contribution in [0.5, 0.6) is 0 Å². The monoisotopic (exact) mass is 144 g/mol. The molecule has 0 atom stereocenters. The molecule has 0 unspecified atom stereocenters. The number of rotatable bonds is 0. The minimum Gasteiger partial charge on any atom is -0.323 e. The Balaban J connectivity index is -0.0000000575. The van der Waals surface area contributed by atoms with Gasteiger partial charge in [0.1, 0.15) is 0 Å². The van der Waals surface area contributed by atoms with E-state index in [0.717, 1.165) is 0 Å². The van der Waals surface area contributed by atoms with Gasteiger partial charge < -0.3 is 10.8 Å². The van der Waals surface area contributed by atoms with Crippen molar-refractivity contribution >= 4 is 8.69 Å². The minimum absolute atomic E-state index is 0. The van der Waals surface area contributed by atoms with Crippen LogP contribution in [0.25, 0.3) is 0 Å². The molecule has 0 saturated heterocycles. The molecule has 0 aromatic heterocycles. The van der Waals surface area contributed by atoms with Gasteiger partial charge in [0.15, 0.2) is 0 Å². The Morgan fingerprint density at radius 1 is 1.38 bits per heavy atom. The Bertz CT molecular complexity index is 38.3. The van der Waals surface area contributed by atoms with Crippen molar-refractivity contribution in [2.75, 3.05) is 0 Å². The fourth-order valence-corrected chi connectivity index (χ4v) is 0. The van der Waals surface area contributed by atoms with Crippen LogP contribution < -0.4 is 29.6 Å². The summed E-state index contributed by atoms with van der Waals surface area (Å²) in [6.45, 7) is 6.25. The first kappa shape index (κ1) is 16.0. The normalized spacial score (nSPS) is 7.12. The zero-order valence-corrected chi connectivity index (χ0v) is 8.70. The summed E-state index contributed by atoms with van der Waals surface area (Å²) in [5.41, 5.74) is 0. The van der Waals surface area contributed by atoms with Crippen molar-refractivity contribution in [2.24, 2.45) is 0 Å². The van der Waals surface area contributed by atoms with Gasteiger partial charge in [-0.1, -0.05) is 0 Å². The Kier molecular flexibility index (Phi) is 31.4. The molecule has 0 aliphatic heterocycles. The van der Waals surface area contributed by atoms with Gasteiger partial charge in [0, 0.05) is 0 Å². The molecule has 4 heteroatoms. The molecule has 0 heterocycles. The molecule has 1 N–H and O–H groups in total. The van der Waals surface area contributed by atoms with Gasteiger partial charge >= 0.3 is 38.2 Å². The first-order chi connectivity index (χ1) is 3.15. The van der Waals surface area contributed by atoms with E-state index in [1.165, 1.54) is 5.92 Å². The van der Waals surface area contributed by atoms with E-state index in [4.69, 9.17) is 9.46 Å². The summed E-state index contributed by atoms with van der Waals surface area (Å²) in [6.07, 6.45) is 0. The van der Waals surface area contributed by atoms with Crippen LogP contribution in [0, 0.1) is 5.92 Å². The van der Waals surface area contributed by atoms with Crippen LogP contribution in [0.4, 0.5) is 0 Å². The van der Waals surface area contributed by atoms with Crippen LogP contribution in [0.1, 0.15) is 20.8 Å². The molecule has 0 aliphatic rings. The van der Waals surface area contributed by atoms with Gasteiger partial charge in [-0.15, -0.1) is 0 Å². The van der Waals surface area contributed by atoms with E-state index >= 15 is 0 Å². The second-order valence-corrected chi connectivity index (χ2v) is 1.74. The van der Waals surface area contributed by atoms with Crippen LogP contribution >= 0.6 is 8.69 Å². The molecule has 0 aromatic rings. The Morgan fingerprint density at radius 2 is 1.38 bits per heavy atom. The van der Waals surface area contributed by atoms with E-state index in [0.29, 0.717) is 0 Å². The molecular formula is C4H10NaO2P. The molecule has 0 saturated carbocycles. The fraction of sp³-hybridized carbons (Fsp3) is 0.750. The average Bonchev–Trinajstić information content (AvgIpc) is 1.33. The van der Waals surface area contributed by atoms with Gasteiger partial charge in [0.05, 0.1) is 0 Å². The van der Waals surface area contributed by atoms with E-state index in [-0.39, 0.29) is 29.6 Å². The smallest absolute Gasteiger partial charge is 0.323 e. The van der Waals surface area contributed by atoms with Crippen LogP contribution in [-0.2, 0) is 4.57 Å². The third kappa shape index (κ3) is 231. The van der Waals surface area contributed by atoms with E-state index in [1.54, 1.807) is 0 Å². The van der Waals surface area contributed by atoms with E-state index in [2.05, 4.69) is 20.8 Å². The third-order valence-electron chi connectivity index (χ3n) is 0. The van der Waals surface area contributed by atoms with Crippen molar-refractivity contribution in [3.63, 3.8) is 0 Å². The van der Waals surface area contributed by atoms with Crippen molar-refractivity contribution in [1.82, 2.24) is 0 Å². The van der Waals surface area contributed by atoms with Crippen molar-refractivity contribution in [3.05, 3.63) is 5.92 Å². The van der Waals surface area contributed by atoms with Crippen molar-refractivity contribution in [2.45, 2.75) is 20.8 Å². The quantitative estimate of drug-likeness (QED) is 0.264. The van der Waals surface area contributed by atoms with Crippen molar-refractivity contribution in [1.29, 1.82) is 0 Å². The molecule has 0 aliphatic carbocycles. The van der Waals surface area contributed by atoms with Gasteiger partial charge in [0.2, 0.25) is 0 Å². The molecule has 8 heavy (non-hydrogen) atoms. The first-order valence-electron chi connectivity index (χ1n) is 1.88. The maximum absolute atomic E-state index is 8.46. The molecule has 44 valence electrons. The number of hydrogen-bond donors (Lipinski definition) is 1. The molecule has 0 amide bonds. The van der Waals surface area contributed by atoms with Crippen LogP contribution in [-0.4, -0.2) is 4.89 Å². The standard InChI is InChI=1S/C4H9.Na.HO2P/c1-4(2)3;;1-3-2/h1-3H3;;(H,1,2)/q-1;+1;. The first-order valence-corrected chi connectivity index (χ1v) is 2.65. The second kappa shape index (κ2) is 15.7. The summed E-state index contributed by atoms with van der Waals surface area (Å²) in [5, 5.41) is 0. The second-order valence-electron chi connectivity index (χ2n) is 1.58. The zero-order chi connectivity index (χ0) is 6.28. The average molecular weight is 144 g/mol. The molecule has 0 radical (unpaired) electrons. The predicted molar refractivity (Wildman–Crippen MR) is 30.1 cm³/mol. The minimum atomic E-state index is -0.833. The summed E-state index contributed by atoms with van der Waals surface area (Å²) in [5.74, 6) is 1.42. The maximum atomic E-state index is 8.46. The van der Waals surface area contributed by atoms with Gasteiger partial charge in [-0.2, -0.15) is 20.8 Å². The largest absolute Gasteiger partial charge is 1.00 e. The molecule has 0 aromatic carbocycles. The summed E-state index contributed by atoms with van der Waals surface area (Å²) in [6, 6.07) is 0. The van der Waals surface area contributed by atoms with Crippen LogP contribution in [0.2, 0.25) is 0 Å². The Morgan fingerprint density at radius 3 is 1.38 bits per heavy atom. The predicted octanol–water partition coefficient (Wildman–Crippen LogP) is -1.19. The SMILES string of the molecule is C[C-](C)C.O=PO.[Na+]. The summed E-state index contributed by atoms with van der Waals surface area (Å²) in [7, 11) is -0.833. The summed E-state index contributed by atoms with van der Waals surface area (Å²) in [4.78, 5) is 6.99. The maximum Gasteiger partial charge on any atom is 1.00 e. The van der Waals surface area contributed by atoms with E-state index in [9.17, 15) is 0 Å². The molecule has 0 rings (SSSR count). The van der Waals surface area contributed by atoms with Crippen molar-refractivity contribution < 1.29 is 39.0 Å². The van der Waals surface area contributed by atoms with Crippen LogP contribution in [0.3, 0.4) is 0 Å². The Labute approximate surface area is 74.3 Å². The summed E-state index contributed by atoms with van der Waals surface area (Å²) >= 11 is 0. The number of hydrogen-bond acceptors (Lipinski definition) is 1. The van der Waals surface area contributed by atoms with E-state index in [1.807, 2.05) is 0 Å². The third-order valence-corrected chi connectivity index (χ3v) is 0. The summed E-state index contributed by atoms with van der Waals surface area (Å²) < 4.78 is 8.46. The van der Waals surface area contributed by atoms with Gasteiger partial charge in [-0.3, -0.25) is 0 Å². The molecule has 0 fully saturated rings. The van der Waals surface area contributed by atoms with Gasteiger partial charge in [-0.25, -0.2) is 4.57 Å². The van der Waals surface area contributed by atoms with Crippen molar-refractivity contribution in [3.8, 4) is 0 Å². The molecule has 0 spiro atoms. The Hall–Kier alpha value is 1.06. The fourth-order valence-electron chi connectivity index (χ4n) is 0. The topological polar surface area (TPSA) is 37.3 Å². The van der Waals surface area contributed by atoms with Crippen LogP contribution in [0.15, 0.2) is 0 Å². The zero-order valence-electron chi connectivity index (χ0n) is 5.80. The van der Waals surface area contributed by atoms with E-state index < -0.39 is 8.69 Å². The molecule has 2 nitrogen and oxygen atoms in total. The van der Waals surface area contributed by atoms with Gasteiger partial charge in [0.25, 0.3) is 0 Å². The van der Waals surface area contributed by atoms with Gasteiger partial charge in [-0.05, 0) is 0 Å².